The van der Waals surface area contributed by atoms with E-state index in [9.17, 15) is 4.79 Å². The third kappa shape index (κ3) is 2.88. The second-order valence-electron chi connectivity index (χ2n) is 4.34. The van der Waals surface area contributed by atoms with Crippen LogP contribution < -0.4 is 10.1 Å². The van der Waals surface area contributed by atoms with E-state index in [1.165, 1.54) is 0 Å². The van der Waals surface area contributed by atoms with Gasteiger partial charge in [-0.05, 0) is 12.8 Å². The maximum absolute atomic E-state index is 11.2. The molecule has 1 N–H and O–H groups in total. The number of hydrogen-bond acceptors (Lipinski definition) is 5. The molecule has 1 saturated heterocycles. The third-order valence-electron chi connectivity index (χ3n) is 3.14. The highest BCUT2D eigenvalue weighted by Gasteiger charge is 2.21. The Labute approximate surface area is 106 Å². The van der Waals surface area contributed by atoms with Crippen molar-refractivity contribution in [3.05, 3.63) is 12.4 Å². The van der Waals surface area contributed by atoms with Crippen molar-refractivity contribution in [3.63, 3.8) is 0 Å². The number of rotatable bonds is 3. The molecule has 1 aliphatic rings. The summed E-state index contributed by atoms with van der Waals surface area (Å²) < 4.78 is 5.15. The number of piperidine rings is 1. The number of methoxy groups -OCH3 is 1. The number of anilines is 1. The summed E-state index contributed by atoms with van der Waals surface area (Å²) in [4.78, 5) is 21.4. The maximum Gasteiger partial charge on any atom is 0.257 e. The summed E-state index contributed by atoms with van der Waals surface area (Å²) in [5, 5.41) is 3.32. The van der Waals surface area contributed by atoms with Crippen LogP contribution in [0.1, 0.15) is 19.8 Å². The smallest absolute Gasteiger partial charge is 0.257 e. The van der Waals surface area contributed by atoms with Crippen LogP contribution in [0.5, 0.6) is 5.88 Å². The van der Waals surface area contributed by atoms with E-state index >= 15 is 0 Å². The Morgan fingerprint density at radius 1 is 1.39 bits per heavy atom. The van der Waals surface area contributed by atoms with Gasteiger partial charge in [0, 0.05) is 38.4 Å². The van der Waals surface area contributed by atoms with Crippen molar-refractivity contribution in [1.82, 2.24) is 14.9 Å². The Morgan fingerprint density at radius 2 is 2.06 bits per heavy atom. The summed E-state index contributed by atoms with van der Waals surface area (Å²) >= 11 is 0. The van der Waals surface area contributed by atoms with E-state index in [0.717, 1.165) is 25.9 Å². The van der Waals surface area contributed by atoms with Gasteiger partial charge < -0.3 is 15.0 Å². The lowest BCUT2D eigenvalue weighted by molar-refractivity contribution is -0.129. The highest BCUT2D eigenvalue weighted by Crippen LogP contribution is 2.21. The zero-order valence-corrected chi connectivity index (χ0v) is 10.7. The first-order valence-electron chi connectivity index (χ1n) is 6.07. The van der Waals surface area contributed by atoms with E-state index < -0.39 is 0 Å². The number of nitrogens with zero attached hydrogens (tertiary/aromatic N) is 3. The predicted molar refractivity (Wildman–Crippen MR) is 67.5 cm³/mol. The standard InChI is InChI=1S/C12H18N4O2/c1-9(17)16-7-3-10(4-8-16)15-11-12(18-2)14-6-5-13-11/h5-6,10H,3-4,7-8H2,1-2H3,(H,13,15). The molecule has 98 valence electrons. The molecule has 2 rings (SSSR count). The molecule has 0 unspecified atom stereocenters. The largest absolute Gasteiger partial charge is 0.478 e. The van der Waals surface area contributed by atoms with Crippen LogP contribution in [0.4, 0.5) is 5.82 Å². The van der Waals surface area contributed by atoms with E-state index in [2.05, 4.69) is 15.3 Å². The van der Waals surface area contributed by atoms with Gasteiger partial charge in [0.1, 0.15) is 0 Å². The lowest BCUT2D eigenvalue weighted by atomic mass is 10.1. The van der Waals surface area contributed by atoms with Crippen LogP contribution in [0.2, 0.25) is 0 Å². The maximum atomic E-state index is 11.2. The fourth-order valence-electron chi connectivity index (χ4n) is 2.11. The van der Waals surface area contributed by atoms with Gasteiger partial charge >= 0.3 is 0 Å². The fourth-order valence-corrected chi connectivity index (χ4v) is 2.11. The van der Waals surface area contributed by atoms with Gasteiger partial charge in [-0.15, -0.1) is 0 Å². The number of amides is 1. The summed E-state index contributed by atoms with van der Waals surface area (Å²) in [6, 6.07) is 0.311. The molecule has 0 atom stereocenters. The monoisotopic (exact) mass is 250 g/mol. The molecular weight excluding hydrogens is 232 g/mol. The highest BCUT2D eigenvalue weighted by molar-refractivity contribution is 5.73. The van der Waals surface area contributed by atoms with Crippen molar-refractivity contribution < 1.29 is 9.53 Å². The average Bonchev–Trinajstić information content (AvgIpc) is 2.40. The second-order valence-corrected chi connectivity index (χ2v) is 4.34. The lowest BCUT2D eigenvalue weighted by Crippen LogP contribution is -2.41. The van der Waals surface area contributed by atoms with Gasteiger partial charge in [0.2, 0.25) is 5.91 Å². The minimum atomic E-state index is 0.144. The molecule has 0 aromatic carbocycles. The van der Waals surface area contributed by atoms with Gasteiger partial charge in [-0.25, -0.2) is 9.97 Å². The van der Waals surface area contributed by atoms with E-state index in [-0.39, 0.29) is 5.91 Å². The SMILES string of the molecule is COc1nccnc1NC1CCN(C(C)=O)CC1. The van der Waals surface area contributed by atoms with Crippen LogP contribution >= 0.6 is 0 Å². The Balaban J connectivity index is 1.93. The molecule has 2 heterocycles. The van der Waals surface area contributed by atoms with Crippen molar-refractivity contribution >= 4 is 11.7 Å². The number of ether oxygens (including phenoxy) is 1. The van der Waals surface area contributed by atoms with Crippen molar-refractivity contribution in [2.45, 2.75) is 25.8 Å². The first-order chi connectivity index (χ1) is 8.70. The average molecular weight is 250 g/mol. The molecule has 1 aromatic heterocycles. The van der Waals surface area contributed by atoms with Crippen molar-refractivity contribution in [1.29, 1.82) is 0 Å². The Kier molecular flexibility index (Phi) is 3.96. The molecule has 18 heavy (non-hydrogen) atoms. The van der Waals surface area contributed by atoms with Gasteiger partial charge in [0.15, 0.2) is 5.82 Å². The van der Waals surface area contributed by atoms with Gasteiger partial charge in [0.25, 0.3) is 5.88 Å². The van der Waals surface area contributed by atoms with Gasteiger partial charge in [-0.2, -0.15) is 0 Å². The molecule has 1 fully saturated rings. The molecule has 0 bridgehead atoms. The molecule has 0 aliphatic carbocycles. The van der Waals surface area contributed by atoms with Crippen molar-refractivity contribution in [3.8, 4) is 5.88 Å². The van der Waals surface area contributed by atoms with E-state index in [4.69, 9.17) is 4.74 Å². The Morgan fingerprint density at radius 3 is 2.67 bits per heavy atom. The first kappa shape index (κ1) is 12.6. The zero-order valence-electron chi connectivity index (χ0n) is 10.7. The minimum absolute atomic E-state index is 0.144. The number of aromatic nitrogens is 2. The quantitative estimate of drug-likeness (QED) is 0.863. The molecule has 0 saturated carbocycles. The van der Waals surface area contributed by atoms with Crippen LogP contribution in [0, 0.1) is 0 Å². The van der Waals surface area contributed by atoms with E-state index in [0.29, 0.717) is 17.7 Å². The molecular formula is C12H18N4O2. The molecule has 0 radical (unpaired) electrons. The fraction of sp³-hybridized carbons (Fsp3) is 0.583. The van der Waals surface area contributed by atoms with Crippen molar-refractivity contribution in [2.75, 3.05) is 25.5 Å². The van der Waals surface area contributed by atoms with Gasteiger partial charge in [-0.3, -0.25) is 4.79 Å². The van der Waals surface area contributed by atoms with Gasteiger partial charge in [0.05, 0.1) is 7.11 Å². The van der Waals surface area contributed by atoms with Crippen molar-refractivity contribution in [2.24, 2.45) is 0 Å². The number of carbonyl (C=O) groups is 1. The van der Waals surface area contributed by atoms with Crippen LogP contribution in [0.25, 0.3) is 0 Å². The highest BCUT2D eigenvalue weighted by atomic mass is 16.5. The minimum Gasteiger partial charge on any atom is -0.478 e. The summed E-state index contributed by atoms with van der Waals surface area (Å²) in [6.45, 7) is 3.19. The molecule has 0 spiro atoms. The zero-order chi connectivity index (χ0) is 13.0. The molecule has 1 amide bonds. The molecule has 1 aromatic rings. The summed E-state index contributed by atoms with van der Waals surface area (Å²) in [5.41, 5.74) is 0. The number of likely N-dealkylation sites (tertiary alicyclic amines) is 1. The Hall–Kier alpha value is -1.85. The third-order valence-corrected chi connectivity index (χ3v) is 3.14. The summed E-state index contributed by atoms with van der Waals surface area (Å²) in [6.07, 6.45) is 5.07. The van der Waals surface area contributed by atoms with Crippen LogP contribution in [-0.4, -0.2) is 47.0 Å². The number of hydrogen-bond donors (Lipinski definition) is 1. The molecule has 6 heteroatoms. The second kappa shape index (κ2) is 5.66. The topological polar surface area (TPSA) is 67.4 Å². The van der Waals surface area contributed by atoms with E-state index in [1.807, 2.05) is 4.90 Å². The first-order valence-corrected chi connectivity index (χ1v) is 6.07. The van der Waals surface area contributed by atoms with E-state index in [1.54, 1.807) is 26.4 Å². The molecule has 6 nitrogen and oxygen atoms in total. The molecule has 1 aliphatic heterocycles. The lowest BCUT2D eigenvalue weighted by Gasteiger charge is -2.32. The summed E-state index contributed by atoms with van der Waals surface area (Å²) in [7, 11) is 1.58. The number of nitrogens with one attached hydrogen (secondary N) is 1. The van der Waals surface area contributed by atoms with Crippen LogP contribution in [0.15, 0.2) is 12.4 Å². The van der Waals surface area contributed by atoms with Crippen LogP contribution in [-0.2, 0) is 4.79 Å². The van der Waals surface area contributed by atoms with Crippen LogP contribution in [0.3, 0.4) is 0 Å². The Bertz CT molecular complexity index is 416. The van der Waals surface area contributed by atoms with Gasteiger partial charge in [-0.1, -0.05) is 0 Å². The predicted octanol–water partition coefficient (Wildman–Crippen LogP) is 0.908. The number of carbonyl (C=O) groups excluding carboxylic acids is 1. The summed E-state index contributed by atoms with van der Waals surface area (Å²) in [5.74, 6) is 1.32. The normalized spacial score (nSPS) is 16.4.